The first kappa shape index (κ1) is 11.6. The molecule has 0 spiro atoms. The van der Waals surface area contributed by atoms with Gasteiger partial charge < -0.3 is 9.47 Å². The number of hydrogen-bond donors (Lipinski definition) is 0. The second-order valence-electron chi connectivity index (χ2n) is 3.94. The molecule has 1 atom stereocenters. The van der Waals surface area contributed by atoms with Gasteiger partial charge in [-0.3, -0.25) is 4.99 Å². The Balaban J connectivity index is 2.45. The van der Waals surface area contributed by atoms with Crippen molar-refractivity contribution in [3.8, 4) is 5.75 Å². The zero-order chi connectivity index (χ0) is 12.4. The van der Waals surface area contributed by atoms with E-state index in [2.05, 4.69) is 4.99 Å². The Morgan fingerprint density at radius 3 is 2.82 bits per heavy atom. The van der Waals surface area contributed by atoms with Gasteiger partial charge in [0.05, 0.1) is 14.2 Å². The van der Waals surface area contributed by atoms with Gasteiger partial charge in [-0.05, 0) is 13.0 Å². The Kier molecular flexibility index (Phi) is 3.13. The number of ether oxygens (including phenoxy) is 2. The summed E-state index contributed by atoms with van der Waals surface area (Å²) in [5.74, 6) is 0.492. The van der Waals surface area contributed by atoms with E-state index in [9.17, 15) is 4.79 Å². The molecule has 0 fully saturated rings. The Labute approximate surface area is 100 Å². The SMILES string of the molecule is COC(=O)C1Cc2c(OC)cccc2C(C)=N1. The van der Waals surface area contributed by atoms with Crippen LogP contribution in [0.1, 0.15) is 18.1 Å². The number of carbonyl (C=O) groups excluding carboxylic acids is 1. The summed E-state index contributed by atoms with van der Waals surface area (Å²) in [5, 5.41) is 0. The molecule has 4 heteroatoms. The van der Waals surface area contributed by atoms with E-state index in [0.717, 1.165) is 22.6 Å². The van der Waals surface area contributed by atoms with Crippen molar-refractivity contribution in [3.05, 3.63) is 29.3 Å². The van der Waals surface area contributed by atoms with Crippen molar-refractivity contribution in [1.29, 1.82) is 0 Å². The van der Waals surface area contributed by atoms with Crippen LogP contribution in [-0.2, 0) is 16.0 Å². The number of nitrogens with zero attached hydrogens (tertiary/aromatic N) is 1. The lowest BCUT2D eigenvalue weighted by atomic mass is 9.93. The van der Waals surface area contributed by atoms with Gasteiger partial charge in [0.1, 0.15) is 5.75 Å². The number of fused-ring (bicyclic) bond motifs is 1. The normalized spacial score (nSPS) is 18.1. The van der Waals surface area contributed by atoms with E-state index in [4.69, 9.17) is 9.47 Å². The highest BCUT2D eigenvalue weighted by Crippen LogP contribution is 2.28. The van der Waals surface area contributed by atoms with Gasteiger partial charge in [-0.2, -0.15) is 0 Å². The van der Waals surface area contributed by atoms with Crippen LogP contribution in [0.3, 0.4) is 0 Å². The summed E-state index contributed by atoms with van der Waals surface area (Å²) in [7, 11) is 3.01. The third kappa shape index (κ3) is 2.02. The van der Waals surface area contributed by atoms with Crippen molar-refractivity contribution in [2.45, 2.75) is 19.4 Å². The molecule has 0 aromatic heterocycles. The summed E-state index contributed by atoms with van der Waals surface area (Å²) < 4.78 is 10.1. The number of carbonyl (C=O) groups is 1. The average Bonchev–Trinajstić information content (AvgIpc) is 2.37. The van der Waals surface area contributed by atoms with Crippen LogP contribution in [0.2, 0.25) is 0 Å². The lowest BCUT2D eigenvalue weighted by Crippen LogP contribution is -2.28. The molecule has 0 N–H and O–H groups in total. The van der Waals surface area contributed by atoms with E-state index < -0.39 is 6.04 Å². The number of hydrogen-bond acceptors (Lipinski definition) is 4. The molecule has 2 rings (SSSR count). The lowest BCUT2D eigenvalue weighted by molar-refractivity contribution is -0.142. The van der Waals surface area contributed by atoms with Crippen LogP contribution in [0, 0.1) is 0 Å². The second-order valence-corrected chi connectivity index (χ2v) is 3.94. The quantitative estimate of drug-likeness (QED) is 0.729. The third-order valence-corrected chi connectivity index (χ3v) is 2.96. The van der Waals surface area contributed by atoms with Crippen LogP contribution in [0.4, 0.5) is 0 Å². The maximum atomic E-state index is 11.6. The summed E-state index contributed by atoms with van der Waals surface area (Å²) >= 11 is 0. The third-order valence-electron chi connectivity index (χ3n) is 2.96. The van der Waals surface area contributed by atoms with Crippen LogP contribution in [0.5, 0.6) is 5.75 Å². The lowest BCUT2D eigenvalue weighted by Gasteiger charge is -2.22. The Hall–Kier alpha value is -1.84. The molecule has 1 aromatic carbocycles. The largest absolute Gasteiger partial charge is 0.496 e. The summed E-state index contributed by atoms with van der Waals surface area (Å²) in [4.78, 5) is 15.9. The van der Waals surface area contributed by atoms with Gasteiger partial charge in [0.15, 0.2) is 6.04 Å². The molecule has 0 saturated heterocycles. The summed E-state index contributed by atoms with van der Waals surface area (Å²) in [6.07, 6.45) is 0.531. The molecule has 1 aliphatic rings. The Morgan fingerprint density at radius 2 is 2.18 bits per heavy atom. The van der Waals surface area contributed by atoms with Crippen molar-refractivity contribution in [1.82, 2.24) is 0 Å². The van der Waals surface area contributed by atoms with Crippen molar-refractivity contribution < 1.29 is 14.3 Å². The predicted octanol–water partition coefficient (Wildman–Crippen LogP) is 1.60. The fourth-order valence-electron chi connectivity index (χ4n) is 2.12. The first-order chi connectivity index (χ1) is 8.17. The van der Waals surface area contributed by atoms with Crippen LogP contribution >= 0.6 is 0 Å². The standard InChI is InChI=1S/C13H15NO3/c1-8-9-5-4-6-12(16-2)10(9)7-11(14-8)13(15)17-3/h4-6,11H,7H2,1-3H3. The molecule has 0 bridgehead atoms. The zero-order valence-corrected chi connectivity index (χ0v) is 10.2. The molecule has 0 amide bonds. The van der Waals surface area contributed by atoms with E-state index in [0.29, 0.717) is 6.42 Å². The smallest absolute Gasteiger partial charge is 0.330 e. The molecular formula is C13H15NO3. The molecule has 0 saturated carbocycles. The first-order valence-electron chi connectivity index (χ1n) is 5.46. The van der Waals surface area contributed by atoms with Gasteiger partial charge in [0.2, 0.25) is 0 Å². The number of methoxy groups -OCH3 is 2. The topological polar surface area (TPSA) is 47.9 Å². The molecular weight excluding hydrogens is 218 g/mol. The Bertz CT molecular complexity index is 480. The Morgan fingerprint density at radius 1 is 1.41 bits per heavy atom. The van der Waals surface area contributed by atoms with E-state index in [1.165, 1.54) is 7.11 Å². The van der Waals surface area contributed by atoms with Crippen molar-refractivity contribution in [2.24, 2.45) is 4.99 Å². The molecule has 17 heavy (non-hydrogen) atoms. The minimum absolute atomic E-state index is 0.305. The predicted molar refractivity (Wildman–Crippen MR) is 64.7 cm³/mol. The summed E-state index contributed by atoms with van der Waals surface area (Å²) in [6.45, 7) is 1.90. The first-order valence-corrected chi connectivity index (χ1v) is 5.46. The fraction of sp³-hybridized carbons (Fsp3) is 0.385. The maximum absolute atomic E-state index is 11.6. The highest BCUT2D eigenvalue weighted by molar-refractivity contribution is 6.03. The number of benzene rings is 1. The van der Waals surface area contributed by atoms with Crippen LogP contribution in [-0.4, -0.2) is 31.9 Å². The fourth-order valence-corrected chi connectivity index (χ4v) is 2.12. The van der Waals surface area contributed by atoms with Gasteiger partial charge in [0.25, 0.3) is 0 Å². The maximum Gasteiger partial charge on any atom is 0.330 e. The molecule has 1 aromatic rings. The molecule has 1 aliphatic heterocycles. The van der Waals surface area contributed by atoms with Gasteiger partial charge in [-0.15, -0.1) is 0 Å². The average molecular weight is 233 g/mol. The number of rotatable bonds is 2. The molecule has 1 unspecified atom stereocenters. The molecule has 0 aliphatic carbocycles. The minimum atomic E-state index is -0.455. The molecule has 0 radical (unpaired) electrons. The second kappa shape index (κ2) is 4.57. The number of esters is 1. The monoisotopic (exact) mass is 233 g/mol. The van der Waals surface area contributed by atoms with E-state index in [1.54, 1.807) is 7.11 Å². The van der Waals surface area contributed by atoms with Crippen LogP contribution in [0.15, 0.2) is 23.2 Å². The highest BCUT2D eigenvalue weighted by Gasteiger charge is 2.27. The van der Waals surface area contributed by atoms with Gasteiger partial charge in [-0.25, -0.2) is 4.79 Å². The number of aliphatic imine (C=N–C) groups is 1. The van der Waals surface area contributed by atoms with E-state index >= 15 is 0 Å². The van der Waals surface area contributed by atoms with Gasteiger partial charge in [-0.1, -0.05) is 12.1 Å². The van der Waals surface area contributed by atoms with Crippen LogP contribution in [0.25, 0.3) is 0 Å². The molecule has 4 nitrogen and oxygen atoms in total. The zero-order valence-electron chi connectivity index (χ0n) is 10.2. The van der Waals surface area contributed by atoms with Crippen molar-refractivity contribution in [3.63, 3.8) is 0 Å². The van der Waals surface area contributed by atoms with Crippen LogP contribution < -0.4 is 4.74 Å². The van der Waals surface area contributed by atoms with E-state index in [1.807, 2.05) is 25.1 Å². The van der Waals surface area contributed by atoms with Gasteiger partial charge in [0, 0.05) is 23.3 Å². The molecule has 90 valence electrons. The van der Waals surface area contributed by atoms with Crippen molar-refractivity contribution in [2.75, 3.05) is 14.2 Å². The minimum Gasteiger partial charge on any atom is -0.496 e. The van der Waals surface area contributed by atoms with E-state index in [-0.39, 0.29) is 5.97 Å². The molecule has 1 heterocycles. The summed E-state index contributed by atoms with van der Waals surface area (Å²) in [5.41, 5.74) is 2.92. The van der Waals surface area contributed by atoms with Crippen molar-refractivity contribution >= 4 is 11.7 Å². The van der Waals surface area contributed by atoms with Gasteiger partial charge >= 0.3 is 5.97 Å². The summed E-state index contributed by atoms with van der Waals surface area (Å²) in [6, 6.07) is 5.36. The highest BCUT2D eigenvalue weighted by atomic mass is 16.5.